The number of hydrogen-bond donors (Lipinski definition) is 0. The largest absolute Gasteiger partial charge is 0.233 e. The standard InChI is InChI=1S/C18H15ClN2/c1-13-18(12-15-8-10-16(19)11-9-15)14(2)21(20-13)17-6-4-3-5-7-17/h3-12H,2H2,1H3/b18-12+. The predicted molar refractivity (Wildman–Crippen MR) is 88.1 cm³/mol. The monoisotopic (exact) mass is 294 g/mol. The van der Waals surface area contributed by atoms with E-state index in [0.717, 1.165) is 32.5 Å². The molecule has 1 heterocycles. The summed E-state index contributed by atoms with van der Waals surface area (Å²) in [6, 6.07) is 17.8. The van der Waals surface area contributed by atoms with Crippen LogP contribution in [-0.2, 0) is 0 Å². The third-order valence-electron chi connectivity index (χ3n) is 3.39. The minimum Gasteiger partial charge on any atom is -0.233 e. The Kier molecular flexibility index (Phi) is 3.63. The van der Waals surface area contributed by atoms with E-state index in [1.165, 1.54) is 0 Å². The van der Waals surface area contributed by atoms with Crippen molar-refractivity contribution in [3.05, 3.63) is 81.4 Å². The Hall–Kier alpha value is -2.32. The Morgan fingerprint density at radius 3 is 2.38 bits per heavy atom. The third kappa shape index (κ3) is 2.76. The van der Waals surface area contributed by atoms with Gasteiger partial charge in [-0.25, -0.2) is 4.68 Å². The van der Waals surface area contributed by atoms with Crippen LogP contribution in [0.1, 0.15) is 11.3 Å². The Balaban J connectivity index is 2.15. The molecule has 0 amide bonds. The van der Waals surface area contributed by atoms with Crippen molar-refractivity contribution in [2.75, 3.05) is 0 Å². The molecule has 104 valence electrons. The maximum Gasteiger partial charge on any atom is 0.0676 e. The molecular formula is C18H15ClN2. The SMILES string of the molecule is C=c1/c(=C/c2ccc(Cl)cc2)c(C)nn1-c1ccccc1. The second-order valence-corrected chi connectivity index (χ2v) is 5.33. The van der Waals surface area contributed by atoms with Gasteiger partial charge in [-0.05, 0) is 42.8 Å². The maximum atomic E-state index is 5.92. The van der Waals surface area contributed by atoms with Crippen LogP contribution >= 0.6 is 11.6 Å². The van der Waals surface area contributed by atoms with Crippen molar-refractivity contribution in [1.82, 2.24) is 9.78 Å². The number of hydrogen-bond acceptors (Lipinski definition) is 1. The van der Waals surface area contributed by atoms with Crippen molar-refractivity contribution in [1.29, 1.82) is 0 Å². The molecule has 0 spiro atoms. The van der Waals surface area contributed by atoms with Crippen LogP contribution < -0.4 is 10.6 Å². The molecule has 0 saturated heterocycles. The lowest BCUT2D eigenvalue weighted by atomic mass is 10.2. The topological polar surface area (TPSA) is 17.8 Å². The molecule has 0 radical (unpaired) electrons. The first-order chi connectivity index (χ1) is 10.1. The van der Waals surface area contributed by atoms with E-state index in [2.05, 4.69) is 17.8 Å². The highest BCUT2D eigenvalue weighted by atomic mass is 35.5. The fourth-order valence-electron chi connectivity index (χ4n) is 2.28. The molecule has 0 bridgehead atoms. The van der Waals surface area contributed by atoms with E-state index < -0.39 is 0 Å². The molecule has 0 N–H and O–H groups in total. The number of halogens is 1. The van der Waals surface area contributed by atoms with E-state index >= 15 is 0 Å². The Labute approximate surface area is 128 Å². The van der Waals surface area contributed by atoms with Gasteiger partial charge < -0.3 is 0 Å². The molecule has 0 saturated carbocycles. The summed E-state index contributed by atoms with van der Waals surface area (Å²) in [5, 5.41) is 7.25. The molecule has 2 nitrogen and oxygen atoms in total. The molecule has 1 aromatic heterocycles. The first-order valence-electron chi connectivity index (χ1n) is 6.72. The molecule has 3 heteroatoms. The normalized spacial score (nSPS) is 11.8. The minimum atomic E-state index is 0.735. The van der Waals surface area contributed by atoms with E-state index in [-0.39, 0.29) is 0 Å². The van der Waals surface area contributed by atoms with Gasteiger partial charge in [0.05, 0.1) is 16.7 Å². The van der Waals surface area contributed by atoms with Gasteiger partial charge >= 0.3 is 0 Å². The van der Waals surface area contributed by atoms with Crippen molar-refractivity contribution >= 4 is 24.3 Å². The number of para-hydroxylation sites is 1. The fraction of sp³-hybridized carbons (Fsp3) is 0.0556. The molecule has 21 heavy (non-hydrogen) atoms. The summed E-state index contributed by atoms with van der Waals surface area (Å²) in [6.45, 7) is 6.17. The van der Waals surface area contributed by atoms with Gasteiger partial charge in [-0.3, -0.25) is 0 Å². The second kappa shape index (κ2) is 5.58. The zero-order valence-electron chi connectivity index (χ0n) is 11.8. The smallest absolute Gasteiger partial charge is 0.0676 e. The highest BCUT2D eigenvalue weighted by Crippen LogP contribution is 2.09. The second-order valence-electron chi connectivity index (χ2n) is 4.89. The summed E-state index contributed by atoms with van der Waals surface area (Å²) < 4.78 is 1.87. The number of aromatic nitrogens is 2. The summed E-state index contributed by atoms with van der Waals surface area (Å²) in [5.41, 5.74) is 3.06. The minimum absolute atomic E-state index is 0.735. The average Bonchev–Trinajstić information content (AvgIpc) is 2.78. The maximum absolute atomic E-state index is 5.92. The Morgan fingerprint density at radius 2 is 1.71 bits per heavy atom. The molecule has 0 aliphatic rings. The van der Waals surface area contributed by atoms with Gasteiger partial charge in [0, 0.05) is 10.2 Å². The highest BCUT2D eigenvalue weighted by Gasteiger charge is 2.03. The molecule has 0 aliphatic heterocycles. The van der Waals surface area contributed by atoms with Gasteiger partial charge in [-0.15, -0.1) is 0 Å². The number of aryl methyl sites for hydroxylation is 1. The third-order valence-corrected chi connectivity index (χ3v) is 3.64. The van der Waals surface area contributed by atoms with Gasteiger partial charge in [0.25, 0.3) is 0 Å². The summed E-state index contributed by atoms with van der Waals surface area (Å²) in [5.74, 6) is 0. The molecule has 3 rings (SSSR count). The lowest BCUT2D eigenvalue weighted by Crippen LogP contribution is -2.27. The lowest BCUT2D eigenvalue weighted by molar-refractivity contribution is 0.841. The summed E-state index contributed by atoms with van der Waals surface area (Å²) in [4.78, 5) is 0. The van der Waals surface area contributed by atoms with Crippen molar-refractivity contribution in [3.63, 3.8) is 0 Å². The Morgan fingerprint density at radius 1 is 1.05 bits per heavy atom. The van der Waals surface area contributed by atoms with Crippen molar-refractivity contribution in [2.24, 2.45) is 0 Å². The number of benzene rings is 2. The van der Waals surface area contributed by atoms with E-state index in [4.69, 9.17) is 11.6 Å². The van der Waals surface area contributed by atoms with Crippen LogP contribution in [-0.4, -0.2) is 9.78 Å². The summed E-state index contributed by atoms with van der Waals surface area (Å²) in [7, 11) is 0. The molecule has 3 aromatic rings. The predicted octanol–water partition coefficient (Wildman–Crippen LogP) is 3.07. The molecule has 0 atom stereocenters. The number of rotatable bonds is 2. The molecule has 0 unspecified atom stereocenters. The van der Waals surface area contributed by atoms with Crippen LogP contribution in [0.15, 0.2) is 54.6 Å². The Bertz CT molecular complexity index is 862. The van der Waals surface area contributed by atoms with Crippen LogP contribution in [0.3, 0.4) is 0 Å². The van der Waals surface area contributed by atoms with Gasteiger partial charge in [-0.1, -0.05) is 48.5 Å². The van der Waals surface area contributed by atoms with Crippen LogP contribution in [0.5, 0.6) is 0 Å². The molecule has 2 aromatic carbocycles. The molecule has 0 fully saturated rings. The average molecular weight is 295 g/mol. The van der Waals surface area contributed by atoms with Gasteiger partial charge in [-0.2, -0.15) is 5.10 Å². The van der Waals surface area contributed by atoms with Crippen LogP contribution in [0.2, 0.25) is 5.02 Å². The van der Waals surface area contributed by atoms with Crippen molar-refractivity contribution in [2.45, 2.75) is 6.92 Å². The summed E-state index contributed by atoms with van der Waals surface area (Å²) in [6.07, 6.45) is 2.08. The first-order valence-corrected chi connectivity index (χ1v) is 7.10. The van der Waals surface area contributed by atoms with E-state index in [1.54, 1.807) is 0 Å². The fourth-order valence-corrected chi connectivity index (χ4v) is 2.41. The van der Waals surface area contributed by atoms with Crippen LogP contribution in [0.4, 0.5) is 0 Å². The molecular weight excluding hydrogens is 280 g/mol. The molecule has 0 aliphatic carbocycles. The van der Waals surface area contributed by atoms with E-state index in [9.17, 15) is 0 Å². The van der Waals surface area contributed by atoms with E-state index in [0.29, 0.717) is 0 Å². The van der Waals surface area contributed by atoms with Crippen molar-refractivity contribution in [3.8, 4) is 5.69 Å². The highest BCUT2D eigenvalue weighted by molar-refractivity contribution is 6.30. The van der Waals surface area contributed by atoms with Gasteiger partial charge in [0.2, 0.25) is 0 Å². The first kappa shape index (κ1) is 13.7. The zero-order valence-corrected chi connectivity index (χ0v) is 12.5. The van der Waals surface area contributed by atoms with Crippen LogP contribution in [0.25, 0.3) is 18.3 Å². The van der Waals surface area contributed by atoms with E-state index in [1.807, 2.05) is 66.2 Å². The van der Waals surface area contributed by atoms with Gasteiger partial charge in [0.15, 0.2) is 0 Å². The van der Waals surface area contributed by atoms with Gasteiger partial charge in [0.1, 0.15) is 0 Å². The number of nitrogens with zero attached hydrogens (tertiary/aromatic N) is 2. The summed E-state index contributed by atoms with van der Waals surface area (Å²) >= 11 is 5.92. The van der Waals surface area contributed by atoms with Crippen molar-refractivity contribution < 1.29 is 0 Å². The lowest BCUT2D eigenvalue weighted by Gasteiger charge is -1.99. The quantitative estimate of drug-likeness (QED) is 0.710. The zero-order chi connectivity index (χ0) is 14.8. The van der Waals surface area contributed by atoms with Crippen LogP contribution in [0, 0.1) is 6.92 Å².